The molecular formula is C9H15ClN2O3. The number of carbonyl (C=O) groups excluding carboxylic acids is 1. The van der Waals surface area contributed by atoms with Gasteiger partial charge in [-0.3, -0.25) is 4.79 Å². The van der Waals surface area contributed by atoms with Gasteiger partial charge in [-0.05, 0) is 6.92 Å². The predicted octanol–water partition coefficient (Wildman–Crippen LogP) is 1.05. The SMILES string of the molecule is CCOC(=O)CCc1cc(CN)on1.Cl. The van der Waals surface area contributed by atoms with Crippen LogP contribution < -0.4 is 5.73 Å². The van der Waals surface area contributed by atoms with Gasteiger partial charge in [0.25, 0.3) is 0 Å². The standard InChI is InChI=1S/C9H14N2O3.ClH/c1-2-13-9(12)4-3-7-5-8(6-10)14-11-7;/h5H,2-4,6,10H2,1H3;1H. The first-order chi connectivity index (χ1) is 6.76. The molecule has 0 atom stereocenters. The van der Waals surface area contributed by atoms with Gasteiger partial charge in [0, 0.05) is 12.5 Å². The lowest BCUT2D eigenvalue weighted by Gasteiger charge is -1.98. The molecule has 5 nitrogen and oxygen atoms in total. The van der Waals surface area contributed by atoms with Crippen LogP contribution in [0.3, 0.4) is 0 Å². The smallest absolute Gasteiger partial charge is 0.306 e. The largest absolute Gasteiger partial charge is 0.466 e. The number of ether oxygens (including phenoxy) is 1. The number of carbonyl (C=O) groups is 1. The molecule has 0 spiro atoms. The maximum absolute atomic E-state index is 11.0. The molecule has 0 bridgehead atoms. The molecule has 0 amide bonds. The van der Waals surface area contributed by atoms with Crippen molar-refractivity contribution in [2.24, 2.45) is 5.73 Å². The van der Waals surface area contributed by atoms with Gasteiger partial charge in [0.1, 0.15) is 0 Å². The van der Waals surface area contributed by atoms with Crippen molar-refractivity contribution in [2.75, 3.05) is 6.61 Å². The topological polar surface area (TPSA) is 78.4 Å². The maximum Gasteiger partial charge on any atom is 0.306 e. The molecule has 0 saturated carbocycles. The maximum atomic E-state index is 11.0. The number of aromatic nitrogens is 1. The first-order valence-electron chi connectivity index (χ1n) is 4.56. The van der Waals surface area contributed by atoms with E-state index >= 15 is 0 Å². The highest BCUT2D eigenvalue weighted by Gasteiger charge is 2.06. The fourth-order valence-electron chi connectivity index (χ4n) is 1.03. The Balaban J connectivity index is 0.00000196. The molecule has 15 heavy (non-hydrogen) atoms. The molecule has 1 rings (SSSR count). The number of hydrogen-bond donors (Lipinski definition) is 1. The summed E-state index contributed by atoms with van der Waals surface area (Å²) in [6, 6.07) is 1.75. The Hall–Kier alpha value is -1.07. The van der Waals surface area contributed by atoms with Gasteiger partial charge in [0.05, 0.1) is 25.3 Å². The monoisotopic (exact) mass is 234 g/mol. The normalized spacial score (nSPS) is 9.47. The second-order valence-electron chi connectivity index (χ2n) is 2.79. The van der Waals surface area contributed by atoms with E-state index in [-0.39, 0.29) is 18.4 Å². The first-order valence-corrected chi connectivity index (χ1v) is 4.56. The van der Waals surface area contributed by atoms with Crippen molar-refractivity contribution < 1.29 is 14.1 Å². The van der Waals surface area contributed by atoms with Crippen LogP contribution in [0, 0.1) is 0 Å². The van der Waals surface area contributed by atoms with Crippen LogP contribution in [0.5, 0.6) is 0 Å². The number of halogens is 1. The van der Waals surface area contributed by atoms with Crippen molar-refractivity contribution in [3.8, 4) is 0 Å². The molecular weight excluding hydrogens is 220 g/mol. The number of nitrogens with zero attached hydrogens (tertiary/aromatic N) is 1. The summed E-state index contributed by atoms with van der Waals surface area (Å²) in [5.41, 5.74) is 6.08. The third-order valence-electron chi connectivity index (χ3n) is 1.70. The van der Waals surface area contributed by atoms with Gasteiger partial charge in [-0.1, -0.05) is 5.16 Å². The van der Waals surface area contributed by atoms with Crippen LogP contribution in [-0.2, 0) is 22.5 Å². The summed E-state index contributed by atoms with van der Waals surface area (Å²) in [4.78, 5) is 11.0. The minimum absolute atomic E-state index is 0. The number of aryl methyl sites for hydroxylation is 1. The van der Waals surface area contributed by atoms with Crippen LogP contribution in [0.4, 0.5) is 0 Å². The number of nitrogens with two attached hydrogens (primary N) is 1. The zero-order valence-electron chi connectivity index (χ0n) is 8.56. The molecule has 0 aliphatic carbocycles. The van der Waals surface area contributed by atoms with E-state index in [2.05, 4.69) is 5.16 Å². The Morgan fingerprint density at radius 1 is 1.67 bits per heavy atom. The highest BCUT2D eigenvalue weighted by molar-refractivity contribution is 5.85. The van der Waals surface area contributed by atoms with Crippen LogP contribution in [0.15, 0.2) is 10.6 Å². The van der Waals surface area contributed by atoms with E-state index < -0.39 is 0 Å². The summed E-state index contributed by atoms with van der Waals surface area (Å²) in [6.07, 6.45) is 0.854. The van der Waals surface area contributed by atoms with E-state index in [4.69, 9.17) is 15.0 Å². The third kappa shape index (κ3) is 4.80. The summed E-state index contributed by atoms with van der Waals surface area (Å²) in [5.74, 6) is 0.411. The van der Waals surface area contributed by atoms with Crippen molar-refractivity contribution in [3.05, 3.63) is 17.5 Å². The fraction of sp³-hybridized carbons (Fsp3) is 0.556. The molecule has 86 valence electrons. The molecule has 1 heterocycles. The number of rotatable bonds is 5. The Labute approximate surface area is 94.4 Å². The van der Waals surface area contributed by atoms with E-state index in [1.165, 1.54) is 0 Å². The molecule has 0 saturated heterocycles. The van der Waals surface area contributed by atoms with E-state index in [0.717, 1.165) is 5.69 Å². The molecule has 1 aromatic rings. The molecule has 0 unspecified atom stereocenters. The second kappa shape index (κ2) is 7.25. The highest BCUT2D eigenvalue weighted by atomic mass is 35.5. The van der Waals surface area contributed by atoms with Gasteiger partial charge >= 0.3 is 5.97 Å². The molecule has 0 radical (unpaired) electrons. The van der Waals surface area contributed by atoms with E-state index in [0.29, 0.717) is 31.8 Å². The minimum atomic E-state index is -0.218. The Kier molecular flexibility index (Phi) is 6.73. The predicted molar refractivity (Wildman–Crippen MR) is 56.6 cm³/mol. The Morgan fingerprint density at radius 3 is 2.93 bits per heavy atom. The first kappa shape index (κ1) is 13.9. The summed E-state index contributed by atoms with van der Waals surface area (Å²) in [6.45, 7) is 2.51. The zero-order valence-corrected chi connectivity index (χ0v) is 9.38. The van der Waals surface area contributed by atoms with Crippen molar-refractivity contribution in [3.63, 3.8) is 0 Å². The fourth-order valence-corrected chi connectivity index (χ4v) is 1.03. The summed E-state index contributed by atoms with van der Waals surface area (Å²) in [5, 5.41) is 3.76. The lowest BCUT2D eigenvalue weighted by atomic mass is 10.2. The molecule has 2 N–H and O–H groups in total. The molecule has 6 heteroatoms. The third-order valence-corrected chi connectivity index (χ3v) is 1.70. The summed E-state index contributed by atoms with van der Waals surface area (Å²) in [7, 11) is 0. The van der Waals surface area contributed by atoms with Crippen molar-refractivity contribution in [2.45, 2.75) is 26.3 Å². The van der Waals surface area contributed by atoms with Gasteiger partial charge in [-0.2, -0.15) is 0 Å². The van der Waals surface area contributed by atoms with Crippen LogP contribution in [0.1, 0.15) is 24.8 Å². The average molecular weight is 235 g/mol. The lowest BCUT2D eigenvalue weighted by Crippen LogP contribution is -2.05. The summed E-state index contributed by atoms with van der Waals surface area (Å²) < 4.78 is 9.65. The van der Waals surface area contributed by atoms with Crippen molar-refractivity contribution in [1.29, 1.82) is 0 Å². The number of hydrogen-bond acceptors (Lipinski definition) is 5. The molecule has 0 aliphatic rings. The van der Waals surface area contributed by atoms with Gasteiger partial charge in [-0.15, -0.1) is 12.4 Å². The van der Waals surface area contributed by atoms with Crippen molar-refractivity contribution in [1.82, 2.24) is 5.16 Å². The van der Waals surface area contributed by atoms with Gasteiger partial charge < -0.3 is 15.0 Å². The molecule has 0 aromatic carbocycles. The molecule has 1 aromatic heterocycles. The molecule has 0 aliphatic heterocycles. The molecule has 0 fully saturated rings. The highest BCUT2D eigenvalue weighted by Crippen LogP contribution is 2.05. The van der Waals surface area contributed by atoms with Crippen molar-refractivity contribution >= 4 is 18.4 Å². The average Bonchev–Trinajstić information content (AvgIpc) is 2.63. The van der Waals surface area contributed by atoms with Crippen LogP contribution in [0.25, 0.3) is 0 Å². The number of esters is 1. The minimum Gasteiger partial charge on any atom is -0.466 e. The van der Waals surface area contributed by atoms with Crippen LogP contribution >= 0.6 is 12.4 Å². The Morgan fingerprint density at radius 2 is 2.40 bits per heavy atom. The van der Waals surface area contributed by atoms with Gasteiger partial charge in [0.2, 0.25) is 0 Å². The van der Waals surface area contributed by atoms with E-state index in [9.17, 15) is 4.79 Å². The second-order valence-corrected chi connectivity index (χ2v) is 2.79. The summed E-state index contributed by atoms with van der Waals surface area (Å²) >= 11 is 0. The zero-order chi connectivity index (χ0) is 10.4. The van der Waals surface area contributed by atoms with Gasteiger partial charge in [-0.25, -0.2) is 0 Å². The van der Waals surface area contributed by atoms with Crippen LogP contribution in [0.2, 0.25) is 0 Å². The Bertz CT molecular complexity index is 301. The van der Waals surface area contributed by atoms with E-state index in [1.54, 1.807) is 13.0 Å². The quantitative estimate of drug-likeness (QED) is 0.771. The lowest BCUT2D eigenvalue weighted by molar-refractivity contribution is -0.143. The van der Waals surface area contributed by atoms with E-state index in [1.807, 2.05) is 0 Å². The van der Waals surface area contributed by atoms with Gasteiger partial charge in [0.15, 0.2) is 5.76 Å². The van der Waals surface area contributed by atoms with Crippen LogP contribution in [-0.4, -0.2) is 17.7 Å².